The molecule has 7 aromatic rings. The van der Waals surface area contributed by atoms with Crippen LogP contribution in [0.5, 0.6) is 0 Å². The molecule has 0 amide bonds. The maximum atomic E-state index is 6.37. The molecular weight excluding hydrogens is 769 g/mol. The number of pyridine rings is 2. The van der Waals surface area contributed by atoms with E-state index >= 15 is 0 Å². The minimum Gasteiger partial charge on any atom is -0.501 e. The van der Waals surface area contributed by atoms with Crippen LogP contribution in [0.4, 0.5) is 0 Å². The van der Waals surface area contributed by atoms with Crippen molar-refractivity contribution in [1.29, 1.82) is 0 Å². The summed E-state index contributed by atoms with van der Waals surface area (Å²) in [4.78, 5) is 9.14. The van der Waals surface area contributed by atoms with Gasteiger partial charge in [0, 0.05) is 37.9 Å². The van der Waals surface area contributed by atoms with E-state index in [1.807, 2.05) is 48.8 Å². The summed E-state index contributed by atoms with van der Waals surface area (Å²) < 4.78 is 6.37. The Morgan fingerprint density at radius 3 is 2.17 bits per heavy atom. The second kappa shape index (κ2) is 14.3. The molecule has 0 bridgehead atoms. The zero-order chi connectivity index (χ0) is 32.3. The Kier molecular flexibility index (Phi) is 10.4. The predicted octanol–water partition coefficient (Wildman–Crippen LogP) is 10.4. The molecule has 3 heterocycles. The molecule has 0 N–H and O–H groups in total. The largest absolute Gasteiger partial charge is 0.501 e. The van der Waals surface area contributed by atoms with Gasteiger partial charge in [-0.1, -0.05) is 112 Å². The Bertz CT molecular complexity index is 2070. The van der Waals surface area contributed by atoms with Crippen LogP contribution in [0, 0.1) is 12.1 Å². The minimum absolute atomic E-state index is 0. The number of nitrogens with zero attached hydrogens (tertiary/aromatic N) is 2. The fraction of sp³-hybridized carbons (Fsp3) is 0.190. The molecule has 0 saturated heterocycles. The predicted molar refractivity (Wildman–Crippen MR) is 195 cm³/mol. The summed E-state index contributed by atoms with van der Waals surface area (Å²) in [7, 11) is -1.23. The topological polar surface area (TPSA) is 38.9 Å². The molecule has 239 valence electrons. The SMILES string of the molecule is CC(C)(C)c1ccnc(-c2[c-]ccc3c2oc2cc(Cc4ccccc4)ccc23)c1.C[Si](C)(C)c1ccc(-c2[c-]cccc2)nc1.[Ir]. The van der Waals surface area contributed by atoms with Crippen LogP contribution < -0.4 is 5.19 Å². The van der Waals surface area contributed by atoms with E-state index in [2.05, 4.69) is 135 Å². The van der Waals surface area contributed by atoms with E-state index in [0.717, 1.165) is 50.9 Å². The number of benzene rings is 4. The first kappa shape index (κ1) is 34.2. The average molecular weight is 809 g/mol. The fourth-order valence-corrected chi connectivity index (χ4v) is 6.54. The molecule has 0 unspecified atom stereocenters. The molecule has 0 atom stereocenters. The molecule has 1 radical (unpaired) electrons. The van der Waals surface area contributed by atoms with Crippen molar-refractivity contribution in [3.63, 3.8) is 0 Å². The summed E-state index contributed by atoms with van der Waals surface area (Å²) in [6.45, 7) is 13.6. The maximum Gasteiger partial charge on any atom is 0.121 e. The van der Waals surface area contributed by atoms with E-state index in [1.165, 1.54) is 21.9 Å². The van der Waals surface area contributed by atoms with Crippen molar-refractivity contribution in [3.8, 4) is 22.5 Å². The average Bonchev–Trinajstić information content (AvgIpc) is 3.43. The Labute approximate surface area is 293 Å². The van der Waals surface area contributed by atoms with E-state index in [1.54, 1.807) is 0 Å². The first-order valence-corrected chi connectivity index (χ1v) is 19.4. The van der Waals surface area contributed by atoms with E-state index in [9.17, 15) is 0 Å². The number of hydrogen-bond donors (Lipinski definition) is 0. The third-order valence-corrected chi connectivity index (χ3v) is 10.3. The third-order valence-electron chi connectivity index (χ3n) is 8.25. The standard InChI is InChI=1S/C28H24NO.C14H16NSi.Ir/c1-28(2,3)21-14-15-29-25(18-21)24-11-7-10-23-22-13-12-20(17-26(22)30-27(23)24)16-19-8-5-4-6-9-19;1-16(2,3)13-9-10-14(15-11-13)12-7-5-4-6-8-12;/h4-10,12-15,17-18H,16H2,1-3H3;4-7,9-11H,1-3H3;/q2*-1;. The molecule has 47 heavy (non-hydrogen) atoms. The molecule has 4 aromatic carbocycles. The van der Waals surface area contributed by atoms with Crippen LogP contribution in [0.25, 0.3) is 44.5 Å². The van der Waals surface area contributed by atoms with Gasteiger partial charge in [0.25, 0.3) is 0 Å². The summed E-state index contributed by atoms with van der Waals surface area (Å²) in [5.41, 5.74) is 9.49. The Balaban J connectivity index is 0.000000217. The number of aromatic nitrogens is 2. The molecule has 0 saturated carbocycles. The monoisotopic (exact) mass is 809 g/mol. The Hall–Kier alpha value is -4.15. The van der Waals surface area contributed by atoms with Crippen molar-refractivity contribution in [3.05, 3.63) is 150 Å². The molecule has 5 heteroatoms. The summed E-state index contributed by atoms with van der Waals surface area (Å²) in [6, 6.07) is 44.1. The van der Waals surface area contributed by atoms with Gasteiger partial charge < -0.3 is 14.4 Å². The first-order chi connectivity index (χ1) is 22.1. The van der Waals surface area contributed by atoms with Gasteiger partial charge in [-0.2, -0.15) is 0 Å². The Morgan fingerprint density at radius 1 is 0.702 bits per heavy atom. The van der Waals surface area contributed by atoms with Crippen molar-refractivity contribution in [2.75, 3.05) is 0 Å². The third kappa shape index (κ3) is 8.05. The molecular formula is C42H40IrN2OSi-2. The second-order valence-corrected chi connectivity index (χ2v) is 18.9. The van der Waals surface area contributed by atoms with Gasteiger partial charge in [0.1, 0.15) is 5.58 Å². The van der Waals surface area contributed by atoms with Gasteiger partial charge in [0.2, 0.25) is 0 Å². The van der Waals surface area contributed by atoms with Crippen LogP contribution in [-0.2, 0) is 31.9 Å². The molecule has 3 aromatic heterocycles. The number of fused-ring (bicyclic) bond motifs is 3. The number of furan rings is 1. The van der Waals surface area contributed by atoms with Crippen molar-refractivity contribution in [2.45, 2.75) is 52.2 Å². The number of rotatable bonds is 5. The van der Waals surface area contributed by atoms with E-state index in [4.69, 9.17) is 4.42 Å². The number of hydrogen-bond acceptors (Lipinski definition) is 3. The molecule has 3 nitrogen and oxygen atoms in total. The molecule has 0 aliphatic rings. The van der Waals surface area contributed by atoms with Crippen molar-refractivity contribution < 1.29 is 24.5 Å². The fourth-order valence-electron chi connectivity index (χ4n) is 5.50. The van der Waals surface area contributed by atoms with Crippen LogP contribution >= 0.6 is 0 Å². The zero-order valence-electron chi connectivity index (χ0n) is 27.9. The van der Waals surface area contributed by atoms with E-state index in [-0.39, 0.29) is 25.5 Å². The smallest absolute Gasteiger partial charge is 0.121 e. The van der Waals surface area contributed by atoms with Crippen LogP contribution in [0.1, 0.15) is 37.5 Å². The van der Waals surface area contributed by atoms with E-state index < -0.39 is 8.07 Å². The van der Waals surface area contributed by atoms with Gasteiger partial charge in [0.15, 0.2) is 0 Å². The van der Waals surface area contributed by atoms with Gasteiger partial charge in [0.05, 0.1) is 13.7 Å². The van der Waals surface area contributed by atoms with Crippen LogP contribution in [0.3, 0.4) is 0 Å². The summed E-state index contributed by atoms with van der Waals surface area (Å²) >= 11 is 0. The van der Waals surface area contributed by atoms with Crippen molar-refractivity contribution in [2.24, 2.45) is 0 Å². The second-order valence-electron chi connectivity index (χ2n) is 13.8. The normalized spacial score (nSPS) is 11.5. The minimum atomic E-state index is -1.23. The van der Waals surface area contributed by atoms with Gasteiger partial charge in [-0.25, -0.2) is 0 Å². The zero-order valence-corrected chi connectivity index (χ0v) is 31.3. The molecule has 0 aliphatic carbocycles. The van der Waals surface area contributed by atoms with Crippen molar-refractivity contribution >= 4 is 35.2 Å². The van der Waals surface area contributed by atoms with Gasteiger partial charge in [-0.3, -0.25) is 0 Å². The maximum absolute atomic E-state index is 6.37. The molecule has 0 spiro atoms. The van der Waals surface area contributed by atoms with Gasteiger partial charge in [-0.15, -0.1) is 54.1 Å². The summed E-state index contributed by atoms with van der Waals surface area (Å²) in [5, 5.41) is 3.63. The van der Waals surface area contributed by atoms with Crippen LogP contribution in [-0.4, -0.2) is 18.0 Å². The van der Waals surface area contributed by atoms with Gasteiger partial charge in [-0.05, 0) is 57.2 Å². The molecule has 7 rings (SSSR count). The first-order valence-electron chi connectivity index (χ1n) is 15.9. The molecule has 0 fully saturated rings. The van der Waals surface area contributed by atoms with E-state index in [0.29, 0.717) is 0 Å². The van der Waals surface area contributed by atoms with Crippen LogP contribution in [0.15, 0.2) is 126 Å². The van der Waals surface area contributed by atoms with Crippen molar-refractivity contribution in [1.82, 2.24) is 9.97 Å². The van der Waals surface area contributed by atoms with Crippen LogP contribution in [0.2, 0.25) is 19.6 Å². The van der Waals surface area contributed by atoms with Gasteiger partial charge >= 0.3 is 0 Å². The summed E-state index contributed by atoms with van der Waals surface area (Å²) in [5.74, 6) is 0. The molecule has 0 aliphatic heterocycles. The quantitative estimate of drug-likeness (QED) is 0.128. The summed E-state index contributed by atoms with van der Waals surface area (Å²) in [6.07, 6.45) is 4.79. The Morgan fingerprint density at radius 2 is 1.49 bits per heavy atom.